The smallest absolute Gasteiger partial charge is 0.164 e. The normalized spacial score (nSPS) is 16.8. The molecule has 0 saturated carbocycles. The van der Waals surface area contributed by atoms with Crippen molar-refractivity contribution >= 4 is 11.0 Å². The van der Waals surface area contributed by atoms with Gasteiger partial charge in [-0.05, 0) is 40.0 Å². The number of para-hydroxylation sites is 1. The Kier molecular flexibility index (Phi) is 3.59. The Morgan fingerprint density at radius 2 is 2.13 bits per heavy atom. The van der Waals surface area contributed by atoms with Gasteiger partial charge in [0.15, 0.2) is 11.5 Å². The summed E-state index contributed by atoms with van der Waals surface area (Å²) >= 11 is 0. The van der Waals surface area contributed by atoms with Crippen molar-refractivity contribution in [1.82, 2.24) is 15.6 Å². The molecule has 6 heteroatoms. The zero-order valence-electron chi connectivity index (χ0n) is 12.8. The number of fused-ring (bicyclic) bond motifs is 2. The summed E-state index contributed by atoms with van der Waals surface area (Å²) in [6.45, 7) is 1.30. The quantitative estimate of drug-likeness (QED) is 0.797. The van der Waals surface area contributed by atoms with Crippen LogP contribution < -0.4 is 14.8 Å². The lowest BCUT2D eigenvalue weighted by molar-refractivity contribution is 0.227. The molecule has 0 saturated heterocycles. The fourth-order valence-electron chi connectivity index (χ4n) is 2.94. The Hall–Kier alpha value is -2.60. The van der Waals surface area contributed by atoms with Gasteiger partial charge in [0, 0.05) is 12.6 Å². The van der Waals surface area contributed by atoms with E-state index in [1.54, 1.807) is 7.11 Å². The Morgan fingerprint density at radius 3 is 3.04 bits per heavy atom. The Balaban J connectivity index is 1.47. The highest BCUT2D eigenvalue weighted by atomic mass is 16.6. The van der Waals surface area contributed by atoms with Gasteiger partial charge in [0.1, 0.15) is 17.6 Å². The molecule has 0 fully saturated rings. The second-order valence-corrected chi connectivity index (χ2v) is 5.59. The van der Waals surface area contributed by atoms with E-state index in [2.05, 4.69) is 21.7 Å². The van der Waals surface area contributed by atoms with Crippen molar-refractivity contribution in [3.8, 4) is 11.5 Å². The van der Waals surface area contributed by atoms with Gasteiger partial charge < -0.3 is 14.8 Å². The lowest BCUT2D eigenvalue weighted by atomic mass is 10.0. The lowest BCUT2D eigenvalue weighted by Crippen LogP contribution is -2.39. The summed E-state index contributed by atoms with van der Waals surface area (Å²) in [6.07, 6.45) is 0.902. The molecular weight excluding hydrogens is 294 g/mol. The summed E-state index contributed by atoms with van der Waals surface area (Å²) in [6, 6.07) is 12.1. The number of benzene rings is 2. The molecule has 0 bridgehead atoms. The van der Waals surface area contributed by atoms with Gasteiger partial charge in [-0.1, -0.05) is 24.3 Å². The van der Waals surface area contributed by atoms with E-state index in [-0.39, 0.29) is 6.04 Å². The number of methoxy groups -OCH3 is 1. The minimum Gasteiger partial charge on any atom is -0.493 e. The lowest BCUT2D eigenvalue weighted by Gasteiger charge is -2.27. The molecular formula is C17H17N3O3. The maximum Gasteiger partial charge on any atom is 0.164 e. The van der Waals surface area contributed by atoms with E-state index in [0.29, 0.717) is 13.2 Å². The third-order valence-corrected chi connectivity index (χ3v) is 4.13. The van der Waals surface area contributed by atoms with Crippen LogP contribution in [0.2, 0.25) is 0 Å². The van der Waals surface area contributed by atoms with Crippen LogP contribution in [0.5, 0.6) is 11.5 Å². The number of ether oxygens (including phenoxy) is 2. The fraction of sp³-hybridized carbons (Fsp3) is 0.294. The molecule has 3 aromatic rings. The molecule has 6 nitrogen and oxygen atoms in total. The molecule has 2 aromatic carbocycles. The van der Waals surface area contributed by atoms with Crippen molar-refractivity contribution in [2.45, 2.75) is 19.0 Å². The van der Waals surface area contributed by atoms with Crippen molar-refractivity contribution < 1.29 is 14.1 Å². The van der Waals surface area contributed by atoms with E-state index in [0.717, 1.165) is 40.1 Å². The number of nitrogens with zero attached hydrogens (tertiary/aromatic N) is 2. The monoisotopic (exact) mass is 311 g/mol. The molecule has 2 heterocycles. The third-order valence-electron chi connectivity index (χ3n) is 4.13. The predicted octanol–water partition coefficient (Wildman–Crippen LogP) is 2.32. The molecule has 0 aliphatic carbocycles. The van der Waals surface area contributed by atoms with Crippen molar-refractivity contribution in [3.05, 3.63) is 47.5 Å². The summed E-state index contributed by atoms with van der Waals surface area (Å²) in [7, 11) is 1.66. The molecule has 1 N–H and O–H groups in total. The van der Waals surface area contributed by atoms with Crippen LogP contribution in [0.4, 0.5) is 0 Å². The zero-order valence-corrected chi connectivity index (χ0v) is 12.8. The molecule has 4 rings (SSSR count). The van der Waals surface area contributed by atoms with Gasteiger partial charge in [0.2, 0.25) is 0 Å². The average molecular weight is 311 g/mol. The summed E-state index contributed by atoms with van der Waals surface area (Å²) in [5.41, 5.74) is 3.81. The van der Waals surface area contributed by atoms with E-state index in [1.807, 2.05) is 30.3 Å². The molecule has 0 amide bonds. The fourth-order valence-corrected chi connectivity index (χ4v) is 2.94. The number of hydrogen-bond donors (Lipinski definition) is 1. The Labute approximate surface area is 133 Å². The van der Waals surface area contributed by atoms with E-state index < -0.39 is 0 Å². The van der Waals surface area contributed by atoms with Crippen LogP contribution in [0.15, 0.2) is 41.0 Å². The molecule has 118 valence electrons. The summed E-state index contributed by atoms with van der Waals surface area (Å²) in [4.78, 5) is 0. The minimum atomic E-state index is 0.240. The first kappa shape index (κ1) is 14.0. The third kappa shape index (κ3) is 2.61. The SMILES string of the molecule is COc1cccc2c1OCC(NCc1cccc3nonc13)C2. The van der Waals surface area contributed by atoms with Crippen LogP contribution in [0.1, 0.15) is 11.1 Å². The first-order chi connectivity index (χ1) is 11.3. The van der Waals surface area contributed by atoms with Crippen LogP contribution >= 0.6 is 0 Å². The molecule has 0 radical (unpaired) electrons. The highest BCUT2D eigenvalue weighted by molar-refractivity contribution is 5.76. The van der Waals surface area contributed by atoms with Crippen molar-refractivity contribution in [1.29, 1.82) is 0 Å². The van der Waals surface area contributed by atoms with E-state index >= 15 is 0 Å². The average Bonchev–Trinajstić information content (AvgIpc) is 3.08. The van der Waals surface area contributed by atoms with Gasteiger partial charge in [-0.15, -0.1) is 0 Å². The van der Waals surface area contributed by atoms with E-state index in [4.69, 9.17) is 14.1 Å². The number of nitrogens with one attached hydrogen (secondary N) is 1. The number of rotatable bonds is 4. The second-order valence-electron chi connectivity index (χ2n) is 5.59. The topological polar surface area (TPSA) is 69.4 Å². The Bertz CT molecular complexity index is 831. The largest absolute Gasteiger partial charge is 0.493 e. The van der Waals surface area contributed by atoms with Crippen molar-refractivity contribution in [2.75, 3.05) is 13.7 Å². The van der Waals surface area contributed by atoms with Crippen LogP contribution in [-0.2, 0) is 13.0 Å². The molecule has 1 atom stereocenters. The summed E-state index contributed by atoms with van der Waals surface area (Å²) < 4.78 is 16.0. The van der Waals surface area contributed by atoms with Gasteiger partial charge in [-0.3, -0.25) is 0 Å². The molecule has 0 spiro atoms. The second kappa shape index (κ2) is 5.89. The molecule has 1 aliphatic rings. The van der Waals surface area contributed by atoms with Gasteiger partial charge >= 0.3 is 0 Å². The van der Waals surface area contributed by atoms with Crippen molar-refractivity contribution in [2.24, 2.45) is 0 Å². The Morgan fingerprint density at radius 1 is 1.22 bits per heavy atom. The van der Waals surface area contributed by atoms with Gasteiger partial charge in [0.25, 0.3) is 0 Å². The molecule has 1 unspecified atom stereocenters. The van der Waals surface area contributed by atoms with E-state index in [9.17, 15) is 0 Å². The summed E-state index contributed by atoms with van der Waals surface area (Å²) in [5, 5.41) is 11.4. The molecule has 1 aliphatic heterocycles. The molecule has 23 heavy (non-hydrogen) atoms. The van der Waals surface area contributed by atoms with Gasteiger partial charge in [-0.2, -0.15) is 0 Å². The first-order valence-corrected chi connectivity index (χ1v) is 7.57. The maximum atomic E-state index is 5.89. The van der Waals surface area contributed by atoms with Crippen molar-refractivity contribution in [3.63, 3.8) is 0 Å². The number of hydrogen-bond acceptors (Lipinski definition) is 6. The molecule has 1 aromatic heterocycles. The minimum absolute atomic E-state index is 0.240. The van der Waals surface area contributed by atoms with Gasteiger partial charge in [0.05, 0.1) is 7.11 Å². The van der Waals surface area contributed by atoms with Gasteiger partial charge in [-0.25, -0.2) is 4.63 Å². The van der Waals surface area contributed by atoms with Crippen LogP contribution in [-0.4, -0.2) is 30.1 Å². The predicted molar refractivity (Wildman–Crippen MR) is 84.6 cm³/mol. The van der Waals surface area contributed by atoms with Crippen LogP contribution in [0, 0.1) is 0 Å². The first-order valence-electron chi connectivity index (χ1n) is 7.57. The highest BCUT2D eigenvalue weighted by Crippen LogP contribution is 2.34. The number of aromatic nitrogens is 2. The standard InChI is InChI=1S/C17H17N3O3/c1-21-15-7-3-4-11-8-13(10-22-17(11)15)18-9-12-5-2-6-14-16(12)20-23-19-14/h2-7,13,18H,8-10H2,1H3. The van der Waals surface area contributed by atoms with Crippen LogP contribution in [0.25, 0.3) is 11.0 Å². The van der Waals surface area contributed by atoms with E-state index in [1.165, 1.54) is 0 Å². The summed E-state index contributed by atoms with van der Waals surface area (Å²) in [5.74, 6) is 1.65. The highest BCUT2D eigenvalue weighted by Gasteiger charge is 2.22. The van der Waals surface area contributed by atoms with Crippen LogP contribution in [0.3, 0.4) is 0 Å². The maximum absolute atomic E-state index is 5.89. The zero-order chi connectivity index (χ0) is 15.6.